The molecule has 0 saturated carbocycles. The van der Waals surface area contributed by atoms with E-state index in [0.29, 0.717) is 11.1 Å². The Balaban J connectivity index is 1.26. The molecule has 5 rings (SSSR count). The van der Waals surface area contributed by atoms with E-state index in [2.05, 4.69) is 0 Å². The Labute approximate surface area is 264 Å². The topological polar surface area (TPSA) is 169 Å². The third-order valence-corrected chi connectivity index (χ3v) is 7.39. The van der Waals surface area contributed by atoms with Gasteiger partial charge in [0.25, 0.3) is 0 Å². The lowest BCUT2D eigenvalue weighted by molar-refractivity contribution is -0.277. The smallest absolute Gasteiger partial charge is 0.338 e. The molecule has 0 radical (unpaired) electrons. The highest BCUT2D eigenvalue weighted by Crippen LogP contribution is 2.30. The van der Waals surface area contributed by atoms with Gasteiger partial charge in [-0.15, -0.1) is 0 Å². The molecule has 5 unspecified atom stereocenters. The molecule has 46 heavy (non-hydrogen) atoms. The molecule has 0 amide bonds. The van der Waals surface area contributed by atoms with Crippen LogP contribution in [0.3, 0.4) is 0 Å². The molecular weight excluding hydrogens is 596 g/mol. The van der Waals surface area contributed by atoms with Crippen molar-refractivity contribution in [2.24, 2.45) is 0 Å². The molecule has 4 N–H and O–H groups in total. The average Bonchev–Trinajstić information content (AvgIpc) is 3.08. The maximum absolute atomic E-state index is 13.1. The lowest BCUT2D eigenvalue weighted by Crippen LogP contribution is -2.60. The number of ketones is 1. The van der Waals surface area contributed by atoms with E-state index in [1.54, 1.807) is 84.9 Å². The van der Waals surface area contributed by atoms with Gasteiger partial charge in [-0.25, -0.2) is 9.59 Å². The SMILES string of the molecule is O=C(Cc1ccccc1C(=O)OCc1cc(O)ccc1OC1OC(COC(=O)c2ccccc2)C(O)C(O)C1O)c1ccccc1. The largest absolute Gasteiger partial charge is 0.508 e. The monoisotopic (exact) mass is 628 g/mol. The molecule has 4 aromatic carbocycles. The van der Waals surface area contributed by atoms with Crippen LogP contribution < -0.4 is 4.74 Å². The van der Waals surface area contributed by atoms with E-state index in [0.717, 1.165) is 0 Å². The summed E-state index contributed by atoms with van der Waals surface area (Å²) in [7, 11) is 0. The number of Topliss-reactive ketones (excluding diaryl/α,β-unsaturated/α-hetero) is 1. The first-order valence-electron chi connectivity index (χ1n) is 14.4. The quantitative estimate of drug-likeness (QED) is 0.142. The molecule has 1 heterocycles. The first-order valence-corrected chi connectivity index (χ1v) is 14.4. The van der Waals surface area contributed by atoms with E-state index in [9.17, 15) is 34.8 Å². The number of benzene rings is 4. The number of aliphatic hydroxyl groups excluding tert-OH is 3. The summed E-state index contributed by atoms with van der Waals surface area (Å²) in [5, 5.41) is 41.7. The number of hydrogen-bond donors (Lipinski definition) is 4. The Morgan fingerprint density at radius 3 is 2.04 bits per heavy atom. The van der Waals surface area contributed by atoms with Crippen LogP contribution in [0.5, 0.6) is 11.5 Å². The van der Waals surface area contributed by atoms with Crippen molar-refractivity contribution in [3.63, 3.8) is 0 Å². The van der Waals surface area contributed by atoms with Gasteiger partial charge in [0.15, 0.2) is 5.78 Å². The number of ether oxygens (including phenoxy) is 4. The van der Waals surface area contributed by atoms with Crippen LogP contribution in [0.15, 0.2) is 103 Å². The Bertz CT molecular complexity index is 1660. The summed E-state index contributed by atoms with van der Waals surface area (Å²) in [6, 6.07) is 27.3. The number of aromatic hydroxyl groups is 1. The van der Waals surface area contributed by atoms with Gasteiger partial charge in [0.2, 0.25) is 6.29 Å². The molecule has 0 bridgehead atoms. The molecule has 0 aliphatic carbocycles. The highest BCUT2D eigenvalue weighted by molar-refractivity contribution is 6.00. The van der Waals surface area contributed by atoms with Crippen LogP contribution >= 0.6 is 0 Å². The fourth-order valence-electron chi connectivity index (χ4n) is 4.88. The fourth-order valence-corrected chi connectivity index (χ4v) is 4.88. The number of hydrogen-bond acceptors (Lipinski definition) is 11. The third kappa shape index (κ3) is 7.76. The molecule has 238 valence electrons. The zero-order valence-corrected chi connectivity index (χ0v) is 24.5. The molecular formula is C35H32O11. The van der Waals surface area contributed by atoms with Gasteiger partial charge in [-0.3, -0.25) is 4.79 Å². The molecule has 1 saturated heterocycles. The first-order chi connectivity index (χ1) is 22.2. The first kappa shape index (κ1) is 32.3. The lowest BCUT2D eigenvalue weighted by atomic mass is 9.99. The molecule has 1 aliphatic rings. The number of phenols is 1. The zero-order chi connectivity index (χ0) is 32.6. The molecule has 0 spiro atoms. The van der Waals surface area contributed by atoms with E-state index < -0.39 is 49.3 Å². The van der Waals surface area contributed by atoms with Crippen molar-refractivity contribution < 1.29 is 53.8 Å². The van der Waals surface area contributed by atoms with Gasteiger partial charge in [-0.05, 0) is 42.0 Å². The van der Waals surface area contributed by atoms with E-state index in [1.165, 1.54) is 18.2 Å². The normalized spacial score (nSPS) is 20.8. The van der Waals surface area contributed by atoms with Crippen molar-refractivity contribution in [2.75, 3.05) is 6.61 Å². The highest BCUT2D eigenvalue weighted by Gasteiger charge is 2.45. The molecule has 0 aromatic heterocycles. The van der Waals surface area contributed by atoms with Crippen molar-refractivity contribution in [1.82, 2.24) is 0 Å². The minimum Gasteiger partial charge on any atom is -0.508 e. The Morgan fingerprint density at radius 2 is 1.33 bits per heavy atom. The Kier molecular flexibility index (Phi) is 10.4. The van der Waals surface area contributed by atoms with Gasteiger partial charge in [0.05, 0.1) is 11.1 Å². The predicted octanol–water partition coefficient (Wildman–Crippen LogP) is 3.22. The van der Waals surface area contributed by atoms with Crippen LogP contribution in [0.4, 0.5) is 0 Å². The van der Waals surface area contributed by atoms with E-state index in [-0.39, 0.29) is 47.0 Å². The van der Waals surface area contributed by atoms with Gasteiger partial charge in [-0.2, -0.15) is 0 Å². The van der Waals surface area contributed by atoms with Crippen molar-refractivity contribution in [3.8, 4) is 11.5 Å². The summed E-state index contributed by atoms with van der Waals surface area (Å²) < 4.78 is 22.3. The van der Waals surface area contributed by atoms with Gasteiger partial charge < -0.3 is 39.4 Å². The highest BCUT2D eigenvalue weighted by atomic mass is 16.7. The van der Waals surface area contributed by atoms with Crippen LogP contribution in [0.2, 0.25) is 0 Å². The fraction of sp³-hybridized carbons (Fsp3) is 0.229. The second-order valence-corrected chi connectivity index (χ2v) is 10.6. The minimum absolute atomic E-state index is 0.0251. The number of esters is 2. The Morgan fingerprint density at radius 1 is 0.674 bits per heavy atom. The summed E-state index contributed by atoms with van der Waals surface area (Å²) in [5.74, 6) is -1.71. The van der Waals surface area contributed by atoms with Crippen LogP contribution in [0.25, 0.3) is 0 Å². The molecule has 1 aliphatic heterocycles. The summed E-state index contributed by atoms with van der Waals surface area (Å²) in [4.78, 5) is 38.3. The van der Waals surface area contributed by atoms with Crippen LogP contribution in [-0.2, 0) is 27.2 Å². The summed E-state index contributed by atoms with van der Waals surface area (Å²) in [6.07, 6.45) is -7.86. The standard InChI is InChI=1S/C35H32O11/c36-25-15-16-28(45-35-32(40)31(39)30(38)29(46-35)20-44-33(41)22-11-5-2-6-12-22)24(17-25)19-43-34(42)26-14-8-7-13-23(26)18-27(37)21-9-3-1-4-10-21/h1-17,29-32,35-36,38-40H,18-20H2. The van der Waals surface area contributed by atoms with E-state index >= 15 is 0 Å². The summed E-state index contributed by atoms with van der Waals surface area (Å²) >= 11 is 0. The van der Waals surface area contributed by atoms with E-state index in [4.69, 9.17) is 18.9 Å². The minimum atomic E-state index is -1.72. The zero-order valence-electron chi connectivity index (χ0n) is 24.5. The summed E-state index contributed by atoms with van der Waals surface area (Å²) in [5.41, 5.74) is 1.63. The number of carbonyl (C=O) groups is 3. The van der Waals surface area contributed by atoms with Crippen molar-refractivity contribution in [2.45, 2.75) is 43.7 Å². The van der Waals surface area contributed by atoms with Gasteiger partial charge in [0.1, 0.15) is 49.1 Å². The predicted molar refractivity (Wildman–Crippen MR) is 162 cm³/mol. The average molecular weight is 629 g/mol. The van der Waals surface area contributed by atoms with E-state index in [1.807, 2.05) is 0 Å². The van der Waals surface area contributed by atoms with Crippen LogP contribution in [0, 0.1) is 0 Å². The second-order valence-electron chi connectivity index (χ2n) is 10.6. The molecule has 5 atom stereocenters. The van der Waals surface area contributed by atoms with Crippen LogP contribution in [-0.4, -0.2) is 75.5 Å². The van der Waals surface area contributed by atoms with Crippen molar-refractivity contribution in [1.29, 1.82) is 0 Å². The number of rotatable bonds is 11. The van der Waals surface area contributed by atoms with Crippen molar-refractivity contribution >= 4 is 17.7 Å². The maximum atomic E-state index is 13.1. The number of aliphatic hydroxyl groups is 3. The second kappa shape index (κ2) is 14.8. The molecule has 1 fully saturated rings. The maximum Gasteiger partial charge on any atom is 0.338 e. The van der Waals surface area contributed by atoms with Gasteiger partial charge >= 0.3 is 11.9 Å². The van der Waals surface area contributed by atoms with Gasteiger partial charge in [0, 0.05) is 17.5 Å². The lowest BCUT2D eigenvalue weighted by Gasteiger charge is -2.40. The van der Waals surface area contributed by atoms with Crippen molar-refractivity contribution in [3.05, 3.63) is 131 Å². The van der Waals surface area contributed by atoms with Crippen LogP contribution in [0.1, 0.15) is 42.2 Å². The molecule has 4 aromatic rings. The number of phenolic OH excluding ortho intramolecular Hbond substituents is 1. The number of carbonyl (C=O) groups excluding carboxylic acids is 3. The van der Waals surface area contributed by atoms with Gasteiger partial charge in [-0.1, -0.05) is 66.7 Å². The summed E-state index contributed by atoms with van der Waals surface area (Å²) in [6.45, 7) is -0.833. The molecule has 11 heteroatoms. The third-order valence-electron chi connectivity index (χ3n) is 7.39. The Hall–Kier alpha value is -5.07. The molecule has 11 nitrogen and oxygen atoms in total.